The van der Waals surface area contributed by atoms with Crippen molar-refractivity contribution in [3.8, 4) is 5.75 Å². The van der Waals surface area contributed by atoms with Crippen molar-refractivity contribution in [3.05, 3.63) is 101 Å². The maximum Gasteiger partial charge on any atom is 0.261 e. The first kappa shape index (κ1) is 25.9. The van der Waals surface area contributed by atoms with Crippen molar-refractivity contribution in [2.24, 2.45) is 5.92 Å². The van der Waals surface area contributed by atoms with Gasteiger partial charge in [-0.05, 0) is 47.4 Å². The van der Waals surface area contributed by atoms with Crippen molar-refractivity contribution in [3.63, 3.8) is 0 Å². The molecule has 0 bridgehead atoms. The fourth-order valence-electron chi connectivity index (χ4n) is 4.95. The van der Waals surface area contributed by atoms with Crippen LogP contribution in [0.4, 0.5) is 0 Å². The van der Waals surface area contributed by atoms with E-state index in [-0.39, 0.29) is 24.9 Å². The first-order chi connectivity index (χ1) is 18.4. The van der Waals surface area contributed by atoms with Gasteiger partial charge in [0.2, 0.25) is 11.8 Å². The maximum atomic E-state index is 13.5. The lowest BCUT2D eigenvalue weighted by Crippen LogP contribution is -2.41. The quantitative estimate of drug-likeness (QED) is 0.423. The van der Waals surface area contributed by atoms with Crippen molar-refractivity contribution in [1.82, 2.24) is 15.3 Å². The van der Waals surface area contributed by atoms with E-state index in [9.17, 15) is 14.4 Å². The van der Waals surface area contributed by atoms with Crippen LogP contribution in [0.25, 0.3) is 0 Å². The maximum absolute atomic E-state index is 13.5. The zero-order chi connectivity index (χ0) is 26.6. The lowest BCUT2D eigenvalue weighted by molar-refractivity contribution is -0.182. The van der Waals surface area contributed by atoms with E-state index < -0.39 is 24.0 Å². The standard InChI is InChI=1S/C29H28ClN3O5/c1-37-23-13-7-19(8-14-23)15-16-31-24(34)18-33-26(21-9-11-22(30)12-10-21)25-27(38-33)29(36)32(28(25)35)17-20-5-3-2-4-6-20/h2-14,25-27H,15-18H2,1H3,(H,31,34). The number of nitrogens with zero attached hydrogens (tertiary/aromatic N) is 2. The second-order valence-corrected chi connectivity index (χ2v) is 9.76. The summed E-state index contributed by atoms with van der Waals surface area (Å²) in [5, 5.41) is 4.91. The number of benzene rings is 3. The number of rotatable bonds is 9. The van der Waals surface area contributed by atoms with Gasteiger partial charge in [-0.25, -0.2) is 0 Å². The van der Waals surface area contributed by atoms with E-state index >= 15 is 0 Å². The van der Waals surface area contributed by atoms with Crippen LogP contribution in [0.2, 0.25) is 5.02 Å². The van der Waals surface area contributed by atoms with E-state index in [2.05, 4.69) is 5.32 Å². The summed E-state index contributed by atoms with van der Waals surface area (Å²) in [6.07, 6.45) is -0.340. The van der Waals surface area contributed by atoms with Crippen LogP contribution in [0.1, 0.15) is 22.7 Å². The predicted molar refractivity (Wildman–Crippen MR) is 141 cm³/mol. The summed E-state index contributed by atoms with van der Waals surface area (Å²) in [5.74, 6) is -0.969. The molecule has 3 aromatic carbocycles. The molecule has 1 N–H and O–H groups in total. The van der Waals surface area contributed by atoms with Crippen molar-refractivity contribution in [1.29, 1.82) is 0 Å². The number of carbonyl (C=O) groups is 3. The van der Waals surface area contributed by atoms with Crippen molar-refractivity contribution < 1.29 is 24.0 Å². The highest BCUT2D eigenvalue weighted by Gasteiger charge is 2.59. The molecule has 2 heterocycles. The largest absolute Gasteiger partial charge is 0.497 e. The normalized spacial score (nSPS) is 21.0. The van der Waals surface area contributed by atoms with Crippen LogP contribution >= 0.6 is 11.6 Å². The van der Waals surface area contributed by atoms with Gasteiger partial charge in [0.05, 0.1) is 25.6 Å². The molecule has 2 aliphatic rings. The van der Waals surface area contributed by atoms with Crippen LogP contribution < -0.4 is 10.1 Å². The number of hydroxylamine groups is 2. The van der Waals surface area contributed by atoms with Crippen LogP contribution in [-0.4, -0.2) is 54.0 Å². The Labute approximate surface area is 226 Å². The molecular formula is C29H28ClN3O5. The molecule has 3 aromatic rings. The van der Waals surface area contributed by atoms with Gasteiger partial charge in [0.1, 0.15) is 12.3 Å². The Morgan fingerprint density at radius 3 is 2.34 bits per heavy atom. The fourth-order valence-corrected chi connectivity index (χ4v) is 5.08. The van der Waals surface area contributed by atoms with Crippen LogP contribution in [0.3, 0.4) is 0 Å². The smallest absolute Gasteiger partial charge is 0.261 e. The highest BCUT2D eigenvalue weighted by molar-refractivity contribution is 6.30. The molecule has 2 saturated heterocycles. The molecule has 3 unspecified atom stereocenters. The number of likely N-dealkylation sites (tertiary alicyclic amines) is 1. The molecule has 3 amide bonds. The average molecular weight is 534 g/mol. The molecule has 2 fully saturated rings. The summed E-state index contributed by atoms with van der Waals surface area (Å²) >= 11 is 6.10. The van der Waals surface area contributed by atoms with Crippen molar-refractivity contribution in [2.75, 3.05) is 20.2 Å². The number of hydrogen-bond donors (Lipinski definition) is 1. The van der Waals surface area contributed by atoms with E-state index in [1.54, 1.807) is 31.4 Å². The predicted octanol–water partition coefficient (Wildman–Crippen LogP) is 3.55. The van der Waals surface area contributed by atoms with Gasteiger partial charge in [-0.15, -0.1) is 0 Å². The van der Waals surface area contributed by atoms with Gasteiger partial charge < -0.3 is 10.1 Å². The number of nitrogens with one attached hydrogen (secondary N) is 1. The second kappa shape index (κ2) is 11.3. The summed E-state index contributed by atoms with van der Waals surface area (Å²) < 4.78 is 5.17. The zero-order valence-electron chi connectivity index (χ0n) is 20.9. The summed E-state index contributed by atoms with van der Waals surface area (Å²) in [5.41, 5.74) is 2.66. The first-order valence-electron chi connectivity index (χ1n) is 12.4. The van der Waals surface area contributed by atoms with E-state index in [0.717, 1.165) is 22.4 Å². The molecule has 0 aliphatic carbocycles. The zero-order valence-corrected chi connectivity index (χ0v) is 21.6. The molecule has 0 saturated carbocycles. The second-order valence-electron chi connectivity index (χ2n) is 9.32. The Morgan fingerprint density at radius 2 is 1.66 bits per heavy atom. The monoisotopic (exact) mass is 533 g/mol. The molecule has 2 aliphatic heterocycles. The summed E-state index contributed by atoms with van der Waals surface area (Å²) in [4.78, 5) is 46.9. The number of hydrogen-bond acceptors (Lipinski definition) is 6. The number of imide groups is 1. The highest BCUT2D eigenvalue weighted by atomic mass is 35.5. The first-order valence-corrected chi connectivity index (χ1v) is 12.8. The van der Waals surface area contributed by atoms with E-state index in [1.165, 1.54) is 9.96 Å². The Morgan fingerprint density at radius 1 is 0.947 bits per heavy atom. The van der Waals surface area contributed by atoms with Crippen molar-refractivity contribution in [2.45, 2.75) is 25.1 Å². The highest BCUT2D eigenvalue weighted by Crippen LogP contribution is 2.44. The van der Waals surface area contributed by atoms with Crippen LogP contribution in [0, 0.1) is 5.92 Å². The van der Waals surface area contributed by atoms with Gasteiger partial charge in [0.25, 0.3) is 5.91 Å². The third-order valence-corrected chi connectivity index (χ3v) is 7.13. The minimum absolute atomic E-state index is 0.123. The Balaban J connectivity index is 1.28. The topological polar surface area (TPSA) is 88.2 Å². The third-order valence-electron chi connectivity index (χ3n) is 6.88. The molecule has 196 valence electrons. The molecular weight excluding hydrogens is 506 g/mol. The molecule has 3 atom stereocenters. The minimum Gasteiger partial charge on any atom is -0.497 e. The molecule has 8 nitrogen and oxygen atoms in total. The number of methoxy groups -OCH3 is 1. The SMILES string of the molecule is COc1ccc(CCNC(=O)CN2OC3C(=O)N(Cc4ccccc4)C(=O)C3C2c2ccc(Cl)cc2)cc1. The average Bonchev–Trinajstić information content (AvgIpc) is 3.40. The van der Waals surface area contributed by atoms with Gasteiger partial charge in [-0.1, -0.05) is 66.2 Å². The third kappa shape index (κ3) is 5.43. The number of ether oxygens (including phenoxy) is 1. The van der Waals surface area contributed by atoms with E-state index in [4.69, 9.17) is 21.2 Å². The molecule has 9 heteroatoms. The lowest BCUT2D eigenvalue weighted by atomic mass is 9.91. The van der Waals surface area contributed by atoms with Crippen LogP contribution in [0.5, 0.6) is 5.75 Å². The molecule has 5 rings (SSSR count). The van der Waals surface area contributed by atoms with E-state index in [0.29, 0.717) is 18.0 Å². The van der Waals surface area contributed by atoms with E-state index in [1.807, 2.05) is 54.6 Å². The summed E-state index contributed by atoms with van der Waals surface area (Å²) in [7, 11) is 1.61. The minimum atomic E-state index is -0.987. The van der Waals surface area contributed by atoms with Gasteiger partial charge >= 0.3 is 0 Å². The fraction of sp³-hybridized carbons (Fsp3) is 0.276. The molecule has 0 radical (unpaired) electrons. The van der Waals surface area contributed by atoms with Gasteiger partial charge in [0.15, 0.2) is 6.10 Å². The van der Waals surface area contributed by atoms with Crippen molar-refractivity contribution >= 4 is 29.3 Å². The Kier molecular flexibility index (Phi) is 7.74. The molecule has 0 spiro atoms. The number of amides is 3. The summed E-state index contributed by atoms with van der Waals surface area (Å²) in [6.45, 7) is 0.483. The number of fused-ring (bicyclic) bond motifs is 1. The number of carbonyl (C=O) groups excluding carboxylic acids is 3. The Hall–Kier alpha value is -3.72. The summed E-state index contributed by atoms with van der Waals surface area (Å²) in [6, 6.07) is 23.4. The van der Waals surface area contributed by atoms with Gasteiger partial charge in [-0.2, -0.15) is 5.06 Å². The Bertz CT molecular complexity index is 1300. The number of halogens is 1. The molecule has 38 heavy (non-hydrogen) atoms. The van der Waals surface area contributed by atoms with Gasteiger partial charge in [-0.3, -0.25) is 24.1 Å². The van der Waals surface area contributed by atoms with Crippen LogP contribution in [-0.2, 0) is 32.2 Å². The van der Waals surface area contributed by atoms with Gasteiger partial charge in [0, 0.05) is 11.6 Å². The molecule has 0 aromatic heterocycles. The van der Waals surface area contributed by atoms with Crippen LogP contribution in [0.15, 0.2) is 78.9 Å². The lowest BCUT2D eigenvalue weighted by Gasteiger charge is -2.27.